The topological polar surface area (TPSA) is 103 Å². The number of fused-ring (bicyclic) bond motifs is 1. The summed E-state index contributed by atoms with van der Waals surface area (Å²) in [6.07, 6.45) is 2.13. The van der Waals surface area contributed by atoms with Crippen molar-refractivity contribution in [1.29, 1.82) is 0 Å². The standard InChI is InChI=1S/C23H25N7O/c1-14-11-17(12-15(2)26-14)19-20(16-7-4-3-5-8-16)27-22(24)30-21(19)28-29(23(30)31)13-18-9-6-10-25-18/h3-5,7-8,11-12,18,25H,6,9-10,13H2,1-2H3,(H2,24,27)/t18-/m0/s1. The number of pyridine rings is 1. The number of aromatic nitrogens is 5. The highest BCUT2D eigenvalue weighted by molar-refractivity contribution is 5.90. The molecular formula is C23H25N7O. The lowest BCUT2D eigenvalue weighted by molar-refractivity contribution is 0.466. The number of rotatable bonds is 4. The van der Waals surface area contributed by atoms with Gasteiger partial charge in [0.15, 0.2) is 5.65 Å². The minimum atomic E-state index is -0.267. The highest BCUT2D eigenvalue weighted by Gasteiger charge is 2.23. The first-order valence-electron chi connectivity index (χ1n) is 10.5. The molecule has 31 heavy (non-hydrogen) atoms. The van der Waals surface area contributed by atoms with Crippen LogP contribution in [0.5, 0.6) is 0 Å². The summed E-state index contributed by atoms with van der Waals surface area (Å²) in [5.74, 6) is 0.135. The second kappa shape index (κ2) is 7.63. The van der Waals surface area contributed by atoms with E-state index in [0.717, 1.165) is 47.5 Å². The van der Waals surface area contributed by atoms with Crippen LogP contribution in [0.25, 0.3) is 28.0 Å². The fourth-order valence-corrected chi connectivity index (χ4v) is 4.39. The second-order valence-electron chi connectivity index (χ2n) is 8.12. The lowest BCUT2D eigenvalue weighted by Crippen LogP contribution is -2.33. The van der Waals surface area contributed by atoms with Gasteiger partial charge < -0.3 is 11.1 Å². The second-order valence-corrected chi connectivity index (χ2v) is 8.12. The minimum absolute atomic E-state index is 0.135. The molecule has 3 aromatic heterocycles. The first-order chi connectivity index (χ1) is 15.0. The monoisotopic (exact) mass is 415 g/mol. The number of aryl methyl sites for hydroxylation is 2. The zero-order valence-corrected chi connectivity index (χ0v) is 17.7. The van der Waals surface area contributed by atoms with E-state index >= 15 is 0 Å². The van der Waals surface area contributed by atoms with E-state index in [1.807, 2.05) is 56.3 Å². The molecule has 5 rings (SSSR count). The molecule has 3 N–H and O–H groups in total. The lowest BCUT2D eigenvalue weighted by atomic mass is 9.99. The van der Waals surface area contributed by atoms with Crippen molar-refractivity contribution < 1.29 is 0 Å². The van der Waals surface area contributed by atoms with Gasteiger partial charge >= 0.3 is 5.69 Å². The van der Waals surface area contributed by atoms with Crippen LogP contribution in [0.4, 0.5) is 5.95 Å². The molecule has 1 fully saturated rings. The summed E-state index contributed by atoms with van der Waals surface area (Å²) in [6.45, 7) is 5.39. The highest BCUT2D eigenvalue weighted by Crippen LogP contribution is 2.34. The number of hydrogen-bond donors (Lipinski definition) is 2. The van der Waals surface area contributed by atoms with Crippen LogP contribution >= 0.6 is 0 Å². The number of hydrogen-bond acceptors (Lipinski definition) is 6. The van der Waals surface area contributed by atoms with E-state index in [-0.39, 0.29) is 17.7 Å². The highest BCUT2D eigenvalue weighted by atomic mass is 16.2. The normalized spacial score (nSPS) is 16.3. The predicted octanol–water partition coefficient (Wildman–Crippen LogP) is 2.57. The molecule has 8 heteroatoms. The molecule has 0 aliphatic carbocycles. The van der Waals surface area contributed by atoms with Crippen LogP contribution in [0.15, 0.2) is 47.3 Å². The molecule has 0 radical (unpaired) electrons. The van der Waals surface area contributed by atoms with Gasteiger partial charge in [0.25, 0.3) is 0 Å². The van der Waals surface area contributed by atoms with Gasteiger partial charge in [-0.2, -0.15) is 0 Å². The van der Waals surface area contributed by atoms with Crippen LogP contribution in [-0.2, 0) is 6.54 Å². The molecule has 1 aliphatic heterocycles. The Morgan fingerprint density at radius 2 is 1.84 bits per heavy atom. The molecule has 0 amide bonds. The number of nitrogens with zero attached hydrogens (tertiary/aromatic N) is 5. The van der Waals surface area contributed by atoms with Crippen molar-refractivity contribution in [1.82, 2.24) is 29.5 Å². The van der Waals surface area contributed by atoms with E-state index in [0.29, 0.717) is 17.9 Å². The van der Waals surface area contributed by atoms with Gasteiger partial charge in [0.1, 0.15) is 0 Å². The molecule has 1 aliphatic rings. The Bertz CT molecular complexity index is 1300. The van der Waals surface area contributed by atoms with Gasteiger partial charge in [-0.3, -0.25) is 4.98 Å². The zero-order valence-electron chi connectivity index (χ0n) is 17.7. The fourth-order valence-electron chi connectivity index (χ4n) is 4.39. The molecule has 4 aromatic rings. The van der Waals surface area contributed by atoms with Crippen LogP contribution in [0.1, 0.15) is 24.2 Å². The molecule has 0 bridgehead atoms. The maximum Gasteiger partial charge on any atom is 0.353 e. The molecule has 0 saturated carbocycles. The SMILES string of the molecule is Cc1cc(-c2c(-c3ccccc3)nc(N)n3c(=O)n(C[C@@H]4CCCN4)nc23)cc(C)n1. The van der Waals surface area contributed by atoms with E-state index in [4.69, 9.17) is 10.8 Å². The lowest BCUT2D eigenvalue weighted by Gasteiger charge is -2.13. The average molecular weight is 416 g/mol. The molecule has 8 nitrogen and oxygen atoms in total. The Labute approximate surface area is 179 Å². The van der Waals surface area contributed by atoms with Crippen molar-refractivity contribution >= 4 is 11.6 Å². The molecule has 0 unspecified atom stereocenters. The van der Waals surface area contributed by atoms with Crippen molar-refractivity contribution in [2.24, 2.45) is 0 Å². The fraction of sp³-hybridized carbons (Fsp3) is 0.304. The number of anilines is 1. The third kappa shape index (κ3) is 3.48. The molecule has 1 saturated heterocycles. The number of benzene rings is 1. The van der Waals surface area contributed by atoms with Crippen molar-refractivity contribution in [3.05, 3.63) is 64.3 Å². The summed E-state index contributed by atoms with van der Waals surface area (Å²) in [5.41, 5.74) is 11.6. The van der Waals surface area contributed by atoms with Gasteiger partial charge in [0.2, 0.25) is 5.95 Å². The van der Waals surface area contributed by atoms with E-state index in [1.165, 1.54) is 9.08 Å². The van der Waals surface area contributed by atoms with Gasteiger partial charge in [-0.1, -0.05) is 30.3 Å². The zero-order chi connectivity index (χ0) is 21.5. The third-order valence-corrected chi connectivity index (χ3v) is 5.73. The van der Waals surface area contributed by atoms with Gasteiger partial charge in [0, 0.05) is 23.0 Å². The van der Waals surface area contributed by atoms with Crippen LogP contribution < -0.4 is 16.7 Å². The smallest absolute Gasteiger partial charge is 0.353 e. The van der Waals surface area contributed by atoms with E-state index in [2.05, 4.69) is 15.3 Å². The Balaban J connectivity index is 1.81. The molecule has 1 atom stereocenters. The van der Waals surface area contributed by atoms with Crippen LogP contribution in [0.2, 0.25) is 0 Å². The van der Waals surface area contributed by atoms with Gasteiger partial charge in [-0.15, -0.1) is 5.10 Å². The summed E-state index contributed by atoms with van der Waals surface area (Å²) in [4.78, 5) is 22.4. The summed E-state index contributed by atoms with van der Waals surface area (Å²) in [7, 11) is 0. The molecular weight excluding hydrogens is 390 g/mol. The average Bonchev–Trinajstić information content (AvgIpc) is 3.36. The number of nitrogen functional groups attached to an aromatic ring is 1. The predicted molar refractivity (Wildman–Crippen MR) is 121 cm³/mol. The molecule has 4 heterocycles. The van der Waals surface area contributed by atoms with E-state index < -0.39 is 0 Å². The van der Waals surface area contributed by atoms with E-state index in [9.17, 15) is 4.79 Å². The van der Waals surface area contributed by atoms with Gasteiger partial charge in [-0.25, -0.2) is 18.9 Å². The van der Waals surface area contributed by atoms with Crippen LogP contribution in [0, 0.1) is 13.8 Å². The van der Waals surface area contributed by atoms with Crippen LogP contribution in [-0.4, -0.2) is 36.7 Å². The van der Waals surface area contributed by atoms with Crippen molar-refractivity contribution in [3.8, 4) is 22.4 Å². The summed E-state index contributed by atoms with van der Waals surface area (Å²) in [6, 6.07) is 14.1. The Hall–Kier alpha value is -3.52. The van der Waals surface area contributed by atoms with Crippen molar-refractivity contribution in [3.63, 3.8) is 0 Å². The van der Waals surface area contributed by atoms with Crippen molar-refractivity contribution in [2.75, 3.05) is 12.3 Å². The number of nitrogens with two attached hydrogens (primary N) is 1. The largest absolute Gasteiger partial charge is 0.369 e. The summed E-state index contributed by atoms with van der Waals surface area (Å²) in [5, 5.41) is 8.17. The third-order valence-electron chi connectivity index (χ3n) is 5.73. The number of nitrogens with one attached hydrogen (secondary N) is 1. The first-order valence-corrected chi connectivity index (χ1v) is 10.5. The minimum Gasteiger partial charge on any atom is -0.369 e. The van der Waals surface area contributed by atoms with Crippen molar-refractivity contribution in [2.45, 2.75) is 39.3 Å². The maximum absolute atomic E-state index is 13.2. The van der Waals surface area contributed by atoms with Gasteiger partial charge in [-0.05, 0) is 50.9 Å². The Morgan fingerprint density at radius 1 is 1.10 bits per heavy atom. The van der Waals surface area contributed by atoms with E-state index in [1.54, 1.807) is 0 Å². The Morgan fingerprint density at radius 3 is 2.52 bits per heavy atom. The first kappa shape index (κ1) is 19.4. The van der Waals surface area contributed by atoms with Gasteiger partial charge in [0.05, 0.1) is 17.8 Å². The Kier molecular flexibility index (Phi) is 4.78. The molecule has 158 valence electrons. The quantitative estimate of drug-likeness (QED) is 0.531. The summed E-state index contributed by atoms with van der Waals surface area (Å²) >= 11 is 0. The maximum atomic E-state index is 13.2. The van der Waals surface area contributed by atoms with Crippen LogP contribution in [0.3, 0.4) is 0 Å². The molecule has 0 spiro atoms. The summed E-state index contributed by atoms with van der Waals surface area (Å²) < 4.78 is 2.93. The molecule has 1 aromatic carbocycles.